The second-order valence-corrected chi connectivity index (χ2v) is 2.28. The number of carbonyl (C=O) groups is 1. The lowest BCUT2D eigenvalue weighted by atomic mass is 10.1. The molecule has 0 aliphatic carbocycles. The van der Waals surface area contributed by atoms with Gasteiger partial charge in [0, 0.05) is 5.56 Å². The zero-order valence-corrected chi connectivity index (χ0v) is 6.79. The average Bonchev–Trinajstić information content (AvgIpc) is 2.05. The second-order valence-electron chi connectivity index (χ2n) is 2.28. The predicted molar refractivity (Wildman–Crippen MR) is 47.5 cm³/mol. The van der Waals surface area contributed by atoms with Crippen LogP contribution in [0.4, 0.5) is 0 Å². The maximum atomic E-state index is 10.9. The molecule has 0 saturated carbocycles. The SMILES string of the molecule is CC#Cc1ccccc1C(N)=O. The van der Waals surface area contributed by atoms with E-state index in [2.05, 4.69) is 11.8 Å². The van der Waals surface area contributed by atoms with Gasteiger partial charge in [-0.3, -0.25) is 4.79 Å². The van der Waals surface area contributed by atoms with Crippen LogP contribution in [0.15, 0.2) is 24.3 Å². The van der Waals surface area contributed by atoms with E-state index in [4.69, 9.17) is 5.73 Å². The first-order valence-corrected chi connectivity index (χ1v) is 3.57. The van der Waals surface area contributed by atoms with E-state index in [-0.39, 0.29) is 0 Å². The normalized spacial score (nSPS) is 8.42. The summed E-state index contributed by atoms with van der Waals surface area (Å²) in [5.41, 5.74) is 6.30. The summed E-state index contributed by atoms with van der Waals surface area (Å²) < 4.78 is 0. The Morgan fingerprint density at radius 1 is 1.42 bits per heavy atom. The molecule has 0 saturated heterocycles. The van der Waals surface area contributed by atoms with Crippen molar-refractivity contribution in [2.45, 2.75) is 6.92 Å². The van der Waals surface area contributed by atoms with E-state index >= 15 is 0 Å². The quantitative estimate of drug-likeness (QED) is 0.614. The van der Waals surface area contributed by atoms with Gasteiger partial charge in [0.1, 0.15) is 0 Å². The van der Waals surface area contributed by atoms with Crippen LogP contribution in [-0.2, 0) is 0 Å². The Morgan fingerprint density at radius 2 is 2.08 bits per heavy atom. The number of primary amides is 1. The summed E-state index contributed by atoms with van der Waals surface area (Å²) in [5, 5.41) is 0. The van der Waals surface area contributed by atoms with Crippen molar-refractivity contribution in [3.8, 4) is 11.8 Å². The van der Waals surface area contributed by atoms with Crippen LogP contribution in [0.5, 0.6) is 0 Å². The number of hydrogen-bond acceptors (Lipinski definition) is 1. The molecule has 0 unspecified atom stereocenters. The van der Waals surface area contributed by atoms with Gasteiger partial charge in [-0.25, -0.2) is 0 Å². The van der Waals surface area contributed by atoms with Gasteiger partial charge in [0.05, 0.1) is 5.56 Å². The summed E-state index contributed by atoms with van der Waals surface area (Å²) in [6.07, 6.45) is 0. The van der Waals surface area contributed by atoms with Crippen molar-refractivity contribution in [2.24, 2.45) is 5.73 Å². The number of nitrogens with two attached hydrogens (primary N) is 1. The van der Waals surface area contributed by atoms with Crippen molar-refractivity contribution in [2.75, 3.05) is 0 Å². The minimum absolute atomic E-state index is 0.437. The Kier molecular flexibility index (Phi) is 2.49. The highest BCUT2D eigenvalue weighted by Gasteiger charge is 2.03. The molecule has 0 radical (unpaired) electrons. The molecule has 1 rings (SSSR count). The first kappa shape index (κ1) is 8.35. The smallest absolute Gasteiger partial charge is 0.249 e. The topological polar surface area (TPSA) is 43.1 Å². The Bertz CT molecular complexity index is 358. The van der Waals surface area contributed by atoms with E-state index in [9.17, 15) is 4.79 Å². The van der Waals surface area contributed by atoms with Gasteiger partial charge in [0.25, 0.3) is 0 Å². The van der Waals surface area contributed by atoms with Gasteiger partial charge in [-0.15, -0.1) is 5.92 Å². The van der Waals surface area contributed by atoms with Crippen LogP contribution >= 0.6 is 0 Å². The third-order valence-corrected chi connectivity index (χ3v) is 1.45. The number of rotatable bonds is 1. The van der Waals surface area contributed by atoms with E-state index in [0.29, 0.717) is 11.1 Å². The van der Waals surface area contributed by atoms with E-state index in [0.717, 1.165) is 0 Å². The monoisotopic (exact) mass is 159 g/mol. The van der Waals surface area contributed by atoms with Gasteiger partial charge in [0.15, 0.2) is 0 Å². The molecule has 12 heavy (non-hydrogen) atoms. The summed E-state index contributed by atoms with van der Waals surface area (Å²) in [4.78, 5) is 10.9. The third kappa shape index (κ3) is 1.64. The van der Waals surface area contributed by atoms with Crippen molar-refractivity contribution in [3.63, 3.8) is 0 Å². The van der Waals surface area contributed by atoms with Crippen molar-refractivity contribution < 1.29 is 4.79 Å². The molecule has 2 N–H and O–H groups in total. The van der Waals surface area contributed by atoms with Crippen LogP contribution in [0, 0.1) is 11.8 Å². The second kappa shape index (κ2) is 3.59. The summed E-state index contributed by atoms with van der Waals surface area (Å²) in [6, 6.07) is 7.03. The van der Waals surface area contributed by atoms with E-state index in [1.807, 2.05) is 6.07 Å². The zero-order chi connectivity index (χ0) is 8.97. The lowest BCUT2D eigenvalue weighted by molar-refractivity contribution is 0.1000. The molecule has 0 spiro atoms. The zero-order valence-electron chi connectivity index (χ0n) is 6.79. The molecule has 0 aliphatic rings. The standard InChI is InChI=1S/C10H9NO/c1-2-5-8-6-3-4-7-9(8)10(11)12/h3-4,6-7H,1H3,(H2,11,12). The summed E-state index contributed by atoms with van der Waals surface area (Å²) in [7, 11) is 0. The van der Waals surface area contributed by atoms with Gasteiger partial charge in [-0.2, -0.15) is 0 Å². The fraction of sp³-hybridized carbons (Fsp3) is 0.100. The number of amides is 1. The molecule has 0 atom stereocenters. The van der Waals surface area contributed by atoms with Gasteiger partial charge in [0.2, 0.25) is 5.91 Å². The molecule has 0 heterocycles. The van der Waals surface area contributed by atoms with Gasteiger partial charge in [-0.1, -0.05) is 18.1 Å². The van der Waals surface area contributed by atoms with Crippen LogP contribution in [0.25, 0.3) is 0 Å². The Balaban J connectivity index is 3.23. The van der Waals surface area contributed by atoms with Crippen molar-refractivity contribution in [1.82, 2.24) is 0 Å². The molecule has 0 fully saturated rings. The molecule has 1 aromatic carbocycles. The van der Waals surface area contributed by atoms with Gasteiger partial charge < -0.3 is 5.73 Å². The van der Waals surface area contributed by atoms with Crippen LogP contribution in [0.3, 0.4) is 0 Å². The number of hydrogen-bond donors (Lipinski definition) is 1. The van der Waals surface area contributed by atoms with Crippen LogP contribution in [-0.4, -0.2) is 5.91 Å². The first-order valence-electron chi connectivity index (χ1n) is 3.57. The van der Waals surface area contributed by atoms with E-state index in [1.165, 1.54) is 0 Å². The fourth-order valence-electron chi connectivity index (χ4n) is 0.942. The van der Waals surface area contributed by atoms with E-state index in [1.54, 1.807) is 25.1 Å². The van der Waals surface area contributed by atoms with Gasteiger partial charge >= 0.3 is 0 Å². The molecular formula is C10H9NO. The van der Waals surface area contributed by atoms with Crippen molar-refractivity contribution in [3.05, 3.63) is 35.4 Å². The van der Waals surface area contributed by atoms with Crippen molar-refractivity contribution in [1.29, 1.82) is 0 Å². The third-order valence-electron chi connectivity index (χ3n) is 1.45. The Morgan fingerprint density at radius 3 is 2.67 bits per heavy atom. The molecule has 1 aromatic rings. The Labute approximate surface area is 71.4 Å². The highest BCUT2D eigenvalue weighted by atomic mass is 16.1. The molecule has 2 nitrogen and oxygen atoms in total. The highest BCUT2D eigenvalue weighted by Crippen LogP contribution is 2.05. The van der Waals surface area contributed by atoms with Crippen LogP contribution in [0.1, 0.15) is 22.8 Å². The summed E-state index contributed by atoms with van der Waals surface area (Å²) in [6.45, 7) is 1.72. The van der Waals surface area contributed by atoms with Crippen molar-refractivity contribution >= 4 is 5.91 Å². The minimum atomic E-state index is -0.437. The van der Waals surface area contributed by atoms with Crippen LogP contribution < -0.4 is 5.73 Å². The molecule has 2 heteroatoms. The fourth-order valence-corrected chi connectivity index (χ4v) is 0.942. The highest BCUT2D eigenvalue weighted by molar-refractivity contribution is 5.95. The molecule has 0 aromatic heterocycles. The average molecular weight is 159 g/mol. The molecular weight excluding hydrogens is 150 g/mol. The lowest BCUT2D eigenvalue weighted by Crippen LogP contribution is -2.12. The number of carbonyl (C=O) groups excluding carboxylic acids is 1. The maximum Gasteiger partial charge on any atom is 0.249 e. The molecule has 0 aliphatic heterocycles. The summed E-state index contributed by atoms with van der Waals surface area (Å²) in [5.74, 6) is 5.09. The maximum absolute atomic E-state index is 10.9. The Hall–Kier alpha value is -1.75. The molecule has 0 bridgehead atoms. The predicted octanol–water partition coefficient (Wildman–Crippen LogP) is 1.16. The molecule has 60 valence electrons. The van der Waals surface area contributed by atoms with E-state index < -0.39 is 5.91 Å². The summed E-state index contributed by atoms with van der Waals surface area (Å²) >= 11 is 0. The molecule has 1 amide bonds. The van der Waals surface area contributed by atoms with Crippen LogP contribution in [0.2, 0.25) is 0 Å². The van der Waals surface area contributed by atoms with Gasteiger partial charge in [-0.05, 0) is 19.1 Å². The largest absolute Gasteiger partial charge is 0.366 e. The number of benzene rings is 1. The first-order chi connectivity index (χ1) is 5.75. The minimum Gasteiger partial charge on any atom is -0.366 e. The lowest BCUT2D eigenvalue weighted by Gasteiger charge is -1.97.